The van der Waals surface area contributed by atoms with Crippen molar-refractivity contribution in [2.24, 2.45) is 0 Å². The van der Waals surface area contributed by atoms with Crippen LogP contribution in [-0.2, 0) is 4.74 Å². The molecule has 0 amide bonds. The zero-order valence-corrected chi connectivity index (χ0v) is 10.3. The van der Waals surface area contributed by atoms with Crippen LogP contribution in [0.15, 0.2) is 18.2 Å². The third-order valence-electron chi connectivity index (χ3n) is 2.39. The lowest BCUT2D eigenvalue weighted by atomic mass is 10.2. The Morgan fingerprint density at radius 3 is 2.82 bits per heavy atom. The topological polar surface area (TPSA) is 51.3 Å². The van der Waals surface area contributed by atoms with E-state index in [1.54, 1.807) is 32.2 Å². The van der Waals surface area contributed by atoms with E-state index in [2.05, 4.69) is 4.98 Å². The molecule has 0 aliphatic rings. The van der Waals surface area contributed by atoms with E-state index >= 15 is 0 Å². The Balaban J connectivity index is 2.47. The Kier molecular flexibility index (Phi) is 3.24. The average Bonchev–Trinajstić information content (AvgIpc) is 2.71. The second-order valence-corrected chi connectivity index (χ2v) is 3.88. The minimum absolute atomic E-state index is 0.346. The van der Waals surface area contributed by atoms with Crippen LogP contribution in [0.2, 0.25) is 5.02 Å². The number of halogens is 1. The second kappa shape index (κ2) is 4.67. The van der Waals surface area contributed by atoms with Crippen LogP contribution in [0.1, 0.15) is 17.4 Å². The molecule has 0 radical (unpaired) electrons. The number of esters is 1. The van der Waals surface area contributed by atoms with Crippen LogP contribution >= 0.6 is 11.6 Å². The van der Waals surface area contributed by atoms with E-state index in [4.69, 9.17) is 21.1 Å². The summed E-state index contributed by atoms with van der Waals surface area (Å²) in [6.07, 6.45) is 0. The molecule has 1 aromatic heterocycles. The number of carbonyl (C=O) groups excluding carboxylic acids is 1. The van der Waals surface area contributed by atoms with Crippen molar-refractivity contribution in [1.82, 2.24) is 4.98 Å². The van der Waals surface area contributed by atoms with Gasteiger partial charge in [-0.15, -0.1) is 0 Å². The van der Waals surface area contributed by atoms with Gasteiger partial charge >= 0.3 is 5.97 Å². The van der Waals surface area contributed by atoms with E-state index < -0.39 is 0 Å². The molecule has 1 N–H and O–H groups in total. The number of fused-ring (bicyclic) bond motifs is 1. The number of hydrogen-bond acceptors (Lipinski definition) is 3. The minimum atomic E-state index is -0.376. The Morgan fingerprint density at radius 1 is 1.41 bits per heavy atom. The highest BCUT2D eigenvalue weighted by molar-refractivity contribution is 6.32. The molecule has 5 heteroatoms. The van der Waals surface area contributed by atoms with Gasteiger partial charge in [0, 0.05) is 17.0 Å². The zero-order valence-electron chi connectivity index (χ0n) is 9.54. The average molecular weight is 254 g/mol. The molecule has 2 rings (SSSR count). The number of aromatic nitrogens is 1. The van der Waals surface area contributed by atoms with Crippen LogP contribution in [0, 0.1) is 0 Å². The van der Waals surface area contributed by atoms with E-state index in [9.17, 15) is 4.79 Å². The van der Waals surface area contributed by atoms with Crippen LogP contribution in [0.4, 0.5) is 0 Å². The van der Waals surface area contributed by atoms with E-state index in [0.717, 1.165) is 10.9 Å². The molecule has 1 heterocycles. The number of H-pyrrole nitrogens is 1. The van der Waals surface area contributed by atoms with Crippen molar-refractivity contribution < 1.29 is 14.3 Å². The van der Waals surface area contributed by atoms with Crippen molar-refractivity contribution in [1.29, 1.82) is 0 Å². The highest BCUT2D eigenvalue weighted by Gasteiger charge is 2.12. The predicted molar refractivity (Wildman–Crippen MR) is 65.8 cm³/mol. The fraction of sp³-hybridized carbons (Fsp3) is 0.250. The molecule has 0 fully saturated rings. The van der Waals surface area contributed by atoms with Gasteiger partial charge < -0.3 is 14.5 Å². The first-order chi connectivity index (χ1) is 8.15. The summed E-state index contributed by atoms with van der Waals surface area (Å²) in [7, 11) is 1.54. The maximum absolute atomic E-state index is 11.5. The first-order valence-electron chi connectivity index (χ1n) is 5.19. The monoisotopic (exact) mass is 253 g/mol. The lowest BCUT2D eigenvalue weighted by Crippen LogP contribution is -2.04. The first-order valence-corrected chi connectivity index (χ1v) is 5.57. The smallest absolute Gasteiger partial charge is 0.354 e. The van der Waals surface area contributed by atoms with E-state index in [1.807, 2.05) is 0 Å². The summed E-state index contributed by atoms with van der Waals surface area (Å²) in [6, 6.07) is 5.20. The number of aromatic amines is 1. The second-order valence-electron chi connectivity index (χ2n) is 3.48. The number of benzene rings is 1. The maximum Gasteiger partial charge on any atom is 0.354 e. The fourth-order valence-corrected chi connectivity index (χ4v) is 1.86. The summed E-state index contributed by atoms with van der Waals surface area (Å²) in [5, 5.41) is 1.35. The van der Waals surface area contributed by atoms with Crippen LogP contribution in [-0.4, -0.2) is 24.7 Å². The lowest BCUT2D eigenvalue weighted by molar-refractivity contribution is 0.0520. The molecule has 0 spiro atoms. The molecule has 0 bridgehead atoms. The number of ether oxygens (including phenoxy) is 2. The van der Waals surface area contributed by atoms with Gasteiger partial charge in [-0.2, -0.15) is 0 Å². The SMILES string of the molecule is CCOC(=O)c1cc2cc(Cl)c(OC)cc2[nH]1. The Morgan fingerprint density at radius 2 is 2.18 bits per heavy atom. The number of nitrogens with one attached hydrogen (secondary N) is 1. The van der Waals surface area contributed by atoms with Crippen molar-refractivity contribution in [2.45, 2.75) is 6.92 Å². The lowest BCUT2D eigenvalue weighted by Gasteiger charge is -2.01. The van der Waals surface area contributed by atoms with Gasteiger partial charge in [-0.1, -0.05) is 11.6 Å². The molecular weight excluding hydrogens is 242 g/mol. The predicted octanol–water partition coefficient (Wildman–Crippen LogP) is 3.01. The van der Waals surface area contributed by atoms with Gasteiger partial charge in [0.25, 0.3) is 0 Å². The number of carbonyl (C=O) groups is 1. The van der Waals surface area contributed by atoms with E-state index in [0.29, 0.717) is 23.1 Å². The molecule has 4 nitrogen and oxygen atoms in total. The van der Waals surface area contributed by atoms with Crippen LogP contribution in [0.3, 0.4) is 0 Å². The Bertz CT molecular complexity index is 562. The normalized spacial score (nSPS) is 10.5. The molecule has 90 valence electrons. The van der Waals surface area contributed by atoms with Crippen molar-refractivity contribution in [3.63, 3.8) is 0 Å². The third kappa shape index (κ3) is 2.22. The van der Waals surface area contributed by atoms with Crippen molar-refractivity contribution in [3.05, 3.63) is 28.9 Å². The van der Waals surface area contributed by atoms with Gasteiger partial charge in [0.2, 0.25) is 0 Å². The highest BCUT2D eigenvalue weighted by Crippen LogP contribution is 2.30. The summed E-state index contributed by atoms with van der Waals surface area (Å²) in [6.45, 7) is 2.11. The van der Waals surface area contributed by atoms with Gasteiger partial charge in [-0.25, -0.2) is 4.79 Å². The number of methoxy groups -OCH3 is 1. The molecule has 2 aromatic rings. The molecule has 0 aliphatic carbocycles. The third-order valence-corrected chi connectivity index (χ3v) is 2.68. The van der Waals surface area contributed by atoms with Crippen LogP contribution in [0.25, 0.3) is 10.9 Å². The molecule has 0 unspecified atom stereocenters. The molecule has 0 atom stereocenters. The Hall–Kier alpha value is -1.68. The zero-order chi connectivity index (χ0) is 12.4. The molecular formula is C12H12ClNO3. The number of hydrogen-bond donors (Lipinski definition) is 1. The van der Waals surface area contributed by atoms with Crippen molar-refractivity contribution in [2.75, 3.05) is 13.7 Å². The van der Waals surface area contributed by atoms with Gasteiger partial charge in [0.1, 0.15) is 11.4 Å². The summed E-state index contributed by atoms with van der Waals surface area (Å²) < 4.78 is 10.0. The standard InChI is InChI=1S/C12H12ClNO3/c1-3-17-12(15)10-5-7-4-8(13)11(16-2)6-9(7)14-10/h4-6,14H,3H2,1-2H3. The van der Waals surface area contributed by atoms with Gasteiger partial charge in [0.15, 0.2) is 0 Å². The summed E-state index contributed by atoms with van der Waals surface area (Å²) in [5.41, 5.74) is 1.19. The maximum atomic E-state index is 11.5. The van der Waals surface area contributed by atoms with E-state index in [1.165, 1.54) is 0 Å². The Labute approximate surface area is 103 Å². The highest BCUT2D eigenvalue weighted by atomic mass is 35.5. The van der Waals surface area contributed by atoms with Crippen LogP contribution in [0.5, 0.6) is 5.75 Å². The summed E-state index contributed by atoms with van der Waals surface area (Å²) in [4.78, 5) is 14.5. The largest absolute Gasteiger partial charge is 0.495 e. The van der Waals surface area contributed by atoms with Crippen LogP contribution < -0.4 is 4.74 Å². The quantitative estimate of drug-likeness (QED) is 0.856. The first kappa shape index (κ1) is 11.8. The molecule has 0 aliphatic heterocycles. The van der Waals surface area contributed by atoms with E-state index in [-0.39, 0.29) is 5.97 Å². The molecule has 1 aromatic carbocycles. The number of rotatable bonds is 3. The van der Waals surface area contributed by atoms with Gasteiger partial charge in [-0.3, -0.25) is 0 Å². The summed E-state index contributed by atoms with van der Waals surface area (Å²) in [5.74, 6) is 0.190. The van der Waals surface area contributed by atoms with Crippen molar-refractivity contribution >= 4 is 28.5 Å². The fourth-order valence-electron chi connectivity index (χ4n) is 1.61. The minimum Gasteiger partial charge on any atom is -0.495 e. The van der Waals surface area contributed by atoms with Crippen molar-refractivity contribution in [3.8, 4) is 5.75 Å². The molecule has 0 saturated carbocycles. The molecule has 0 saturated heterocycles. The van der Waals surface area contributed by atoms with Gasteiger partial charge in [0.05, 0.1) is 18.7 Å². The molecule has 17 heavy (non-hydrogen) atoms. The summed E-state index contributed by atoms with van der Waals surface area (Å²) >= 11 is 6.00. The van der Waals surface area contributed by atoms with Gasteiger partial charge in [-0.05, 0) is 19.1 Å².